The maximum atomic E-state index is 11.2. The molecule has 0 bridgehead atoms. The first-order valence-electron chi connectivity index (χ1n) is 10.1. The topological polar surface area (TPSA) is 17.1 Å². The van der Waals surface area contributed by atoms with Crippen LogP contribution in [-0.2, 0) is 6.42 Å². The van der Waals surface area contributed by atoms with Crippen LogP contribution in [0.25, 0.3) is 0 Å². The Morgan fingerprint density at radius 2 is 1.35 bits per heavy atom. The molecule has 0 atom stereocenters. The van der Waals surface area contributed by atoms with E-state index in [0.717, 1.165) is 0 Å². The van der Waals surface area contributed by atoms with Crippen LogP contribution < -0.4 is 0 Å². The number of hydrogen-bond donors (Lipinski definition) is 0. The molecule has 2 heteroatoms. The molecule has 1 nitrogen and oxygen atoms in total. The van der Waals surface area contributed by atoms with E-state index in [4.69, 9.17) is 11.6 Å². The van der Waals surface area contributed by atoms with Crippen molar-refractivity contribution in [3.8, 4) is 0 Å². The van der Waals surface area contributed by atoms with Crippen LogP contribution >= 0.6 is 11.6 Å². The van der Waals surface area contributed by atoms with Crippen molar-refractivity contribution in [1.29, 1.82) is 0 Å². The first kappa shape index (κ1) is 19.2. The Bertz CT molecular complexity index is 694. The van der Waals surface area contributed by atoms with Gasteiger partial charge in [-0.15, -0.1) is 0 Å². The Morgan fingerprint density at radius 3 is 1.81 bits per heavy atom. The van der Waals surface area contributed by atoms with Crippen molar-refractivity contribution < 1.29 is 4.79 Å². The molecular weight excluding hydrogens is 340 g/mol. The van der Waals surface area contributed by atoms with Crippen molar-refractivity contribution in [3.63, 3.8) is 0 Å². The fourth-order valence-electron chi connectivity index (χ4n) is 4.18. The molecule has 0 amide bonds. The van der Waals surface area contributed by atoms with Gasteiger partial charge in [-0.1, -0.05) is 56.2 Å². The molecule has 1 saturated carbocycles. The first-order chi connectivity index (χ1) is 12.7. The minimum Gasteiger partial charge on any atom is -0.276 e. The van der Waals surface area contributed by atoms with Gasteiger partial charge in [-0.2, -0.15) is 0 Å². The summed E-state index contributed by atoms with van der Waals surface area (Å²) in [5.74, 6) is 1.30. The molecule has 0 heterocycles. The smallest absolute Gasteiger partial charge is 0.252 e. The summed E-state index contributed by atoms with van der Waals surface area (Å²) in [6.45, 7) is 2.26. The predicted octanol–water partition coefficient (Wildman–Crippen LogP) is 7.24. The van der Waals surface area contributed by atoms with Crippen molar-refractivity contribution in [1.82, 2.24) is 0 Å². The Kier molecular flexibility index (Phi) is 6.91. The van der Waals surface area contributed by atoms with Gasteiger partial charge in [0.05, 0.1) is 0 Å². The van der Waals surface area contributed by atoms with Crippen LogP contribution in [-0.4, -0.2) is 5.24 Å². The Hall–Kier alpha value is -1.60. The minimum atomic E-state index is -0.376. The SMILES string of the molecule is CCCCCc1ccc(C2CCC(c3ccc(C(=O)Cl)cc3)CC2)cc1. The van der Waals surface area contributed by atoms with Gasteiger partial charge in [0.2, 0.25) is 0 Å². The highest BCUT2D eigenvalue weighted by atomic mass is 35.5. The van der Waals surface area contributed by atoms with E-state index in [1.165, 1.54) is 68.1 Å². The first-order valence-corrected chi connectivity index (χ1v) is 10.4. The average Bonchev–Trinajstić information content (AvgIpc) is 2.69. The molecule has 0 spiro atoms. The number of carbonyl (C=O) groups is 1. The maximum Gasteiger partial charge on any atom is 0.252 e. The molecule has 0 aromatic heterocycles. The summed E-state index contributed by atoms with van der Waals surface area (Å²) in [4.78, 5) is 11.2. The zero-order valence-electron chi connectivity index (χ0n) is 15.7. The third kappa shape index (κ3) is 4.98. The van der Waals surface area contributed by atoms with E-state index >= 15 is 0 Å². The summed E-state index contributed by atoms with van der Waals surface area (Å²) >= 11 is 5.54. The van der Waals surface area contributed by atoms with E-state index in [0.29, 0.717) is 17.4 Å². The highest BCUT2D eigenvalue weighted by Crippen LogP contribution is 2.40. The lowest BCUT2D eigenvalue weighted by Gasteiger charge is -2.29. The second-order valence-corrected chi connectivity index (χ2v) is 7.99. The predicted molar refractivity (Wildman–Crippen MR) is 110 cm³/mol. The number of aryl methyl sites for hydroxylation is 1. The fourth-order valence-corrected chi connectivity index (χ4v) is 4.31. The van der Waals surface area contributed by atoms with Crippen molar-refractivity contribution in [3.05, 3.63) is 70.8 Å². The summed E-state index contributed by atoms with van der Waals surface area (Å²) in [5.41, 5.74) is 4.91. The molecule has 0 aliphatic heterocycles. The van der Waals surface area contributed by atoms with Crippen LogP contribution in [0.1, 0.15) is 90.8 Å². The summed E-state index contributed by atoms with van der Waals surface area (Å²) in [6, 6.07) is 17.2. The van der Waals surface area contributed by atoms with Crippen LogP contribution in [0.5, 0.6) is 0 Å². The van der Waals surface area contributed by atoms with Gasteiger partial charge in [0.25, 0.3) is 5.24 Å². The van der Waals surface area contributed by atoms with E-state index < -0.39 is 0 Å². The van der Waals surface area contributed by atoms with Gasteiger partial charge in [-0.25, -0.2) is 0 Å². The van der Waals surface area contributed by atoms with Gasteiger partial charge < -0.3 is 0 Å². The molecule has 2 aromatic rings. The van der Waals surface area contributed by atoms with Gasteiger partial charge in [0.15, 0.2) is 0 Å². The lowest BCUT2D eigenvalue weighted by atomic mass is 9.76. The Morgan fingerprint density at radius 1 is 0.846 bits per heavy atom. The molecule has 0 unspecified atom stereocenters. The number of hydrogen-bond acceptors (Lipinski definition) is 1. The van der Waals surface area contributed by atoms with Crippen LogP contribution in [0.15, 0.2) is 48.5 Å². The standard InChI is InChI=1S/C24H29ClO/c1-2-3-4-5-18-6-8-19(9-7-18)20-10-12-21(13-11-20)22-14-16-23(17-15-22)24(25)26/h6-9,14-17,20-21H,2-5,10-13H2,1H3. The van der Waals surface area contributed by atoms with Crippen molar-refractivity contribution in [2.45, 2.75) is 70.1 Å². The monoisotopic (exact) mass is 368 g/mol. The Balaban J connectivity index is 1.53. The van der Waals surface area contributed by atoms with Gasteiger partial charge in [0.1, 0.15) is 0 Å². The third-order valence-electron chi connectivity index (χ3n) is 5.86. The lowest BCUT2D eigenvalue weighted by molar-refractivity contribution is 0.108. The molecule has 1 fully saturated rings. The summed E-state index contributed by atoms with van der Waals surface area (Å²) in [5, 5.41) is -0.376. The largest absolute Gasteiger partial charge is 0.276 e. The second-order valence-electron chi connectivity index (χ2n) is 7.64. The van der Waals surface area contributed by atoms with E-state index in [1.54, 1.807) is 0 Å². The number of halogens is 1. The van der Waals surface area contributed by atoms with E-state index in [2.05, 4.69) is 43.3 Å². The number of benzene rings is 2. The van der Waals surface area contributed by atoms with Crippen LogP contribution in [0.2, 0.25) is 0 Å². The normalized spacial score (nSPS) is 20.1. The molecule has 3 rings (SSSR count). The summed E-state index contributed by atoms with van der Waals surface area (Å²) in [7, 11) is 0. The molecule has 1 aliphatic rings. The summed E-state index contributed by atoms with van der Waals surface area (Å²) < 4.78 is 0. The molecule has 0 saturated heterocycles. The highest BCUT2D eigenvalue weighted by Gasteiger charge is 2.23. The number of rotatable bonds is 7. The molecule has 138 valence electrons. The second kappa shape index (κ2) is 9.37. The molecule has 2 aromatic carbocycles. The van der Waals surface area contributed by atoms with E-state index in [-0.39, 0.29) is 5.24 Å². The van der Waals surface area contributed by atoms with Crippen molar-refractivity contribution in [2.75, 3.05) is 0 Å². The average molecular weight is 369 g/mol. The zero-order chi connectivity index (χ0) is 18.4. The number of unbranched alkanes of at least 4 members (excludes halogenated alkanes) is 2. The van der Waals surface area contributed by atoms with Gasteiger partial charge in [-0.3, -0.25) is 4.79 Å². The van der Waals surface area contributed by atoms with Crippen LogP contribution in [0.3, 0.4) is 0 Å². The zero-order valence-corrected chi connectivity index (χ0v) is 16.5. The van der Waals surface area contributed by atoms with Crippen molar-refractivity contribution >= 4 is 16.8 Å². The van der Waals surface area contributed by atoms with Crippen LogP contribution in [0, 0.1) is 0 Å². The van der Waals surface area contributed by atoms with E-state index in [9.17, 15) is 4.79 Å². The highest BCUT2D eigenvalue weighted by molar-refractivity contribution is 6.67. The molecule has 0 radical (unpaired) electrons. The molecule has 1 aliphatic carbocycles. The van der Waals surface area contributed by atoms with Gasteiger partial charge in [0, 0.05) is 5.56 Å². The minimum absolute atomic E-state index is 0.376. The third-order valence-corrected chi connectivity index (χ3v) is 6.07. The Labute approximate surface area is 162 Å². The van der Waals surface area contributed by atoms with Crippen molar-refractivity contribution in [2.24, 2.45) is 0 Å². The maximum absolute atomic E-state index is 11.2. The lowest BCUT2D eigenvalue weighted by Crippen LogP contribution is -2.12. The van der Waals surface area contributed by atoms with Crippen LogP contribution in [0.4, 0.5) is 0 Å². The quantitative estimate of drug-likeness (QED) is 0.371. The summed E-state index contributed by atoms with van der Waals surface area (Å²) in [6.07, 6.45) is 10.1. The molecular formula is C24H29ClO. The number of carbonyl (C=O) groups excluding carboxylic acids is 1. The molecule has 0 N–H and O–H groups in total. The molecule has 26 heavy (non-hydrogen) atoms. The van der Waals surface area contributed by atoms with Gasteiger partial charge in [-0.05, 0) is 90.8 Å². The van der Waals surface area contributed by atoms with E-state index in [1.807, 2.05) is 12.1 Å². The van der Waals surface area contributed by atoms with Gasteiger partial charge >= 0.3 is 0 Å². The fraction of sp³-hybridized carbons (Fsp3) is 0.458.